The first-order chi connectivity index (χ1) is 9.15. The number of hydrazine groups is 1. The molecule has 1 amide bonds. The summed E-state index contributed by atoms with van der Waals surface area (Å²) < 4.78 is 0. The predicted molar refractivity (Wildman–Crippen MR) is 68.9 cm³/mol. The molecule has 0 bridgehead atoms. The molecule has 0 saturated carbocycles. The zero-order valence-electron chi connectivity index (χ0n) is 10.1. The maximum atomic E-state index is 11.9. The summed E-state index contributed by atoms with van der Waals surface area (Å²) in [6.07, 6.45) is 4.12. The van der Waals surface area contributed by atoms with Gasteiger partial charge in [-0.05, 0) is 36.5 Å². The predicted octanol–water partition coefficient (Wildman–Crippen LogP) is 0.958. The Balaban J connectivity index is 2.47. The van der Waals surface area contributed by atoms with Gasteiger partial charge in [-0.15, -0.1) is 0 Å². The van der Waals surface area contributed by atoms with E-state index in [9.17, 15) is 14.7 Å². The molecule has 0 radical (unpaired) electrons. The van der Waals surface area contributed by atoms with Crippen LogP contribution in [0.25, 0.3) is 10.9 Å². The lowest BCUT2D eigenvalue weighted by molar-refractivity contribution is 0.0690. The third-order valence-corrected chi connectivity index (χ3v) is 3.66. The first kappa shape index (κ1) is 11.7. The molecule has 98 valence electrons. The number of nitrogens with one attached hydrogen (secondary N) is 2. The van der Waals surface area contributed by atoms with Crippen LogP contribution in [-0.4, -0.2) is 22.0 Å². The van der Waals surface area contributed by atoms with Crippen LogP contribution in [0.4, 0.5) is 0 Å². The van der Waals surface area contributed by atoms with Crippen molar-refractivity contribution in [2.75, 3.05) is 0 Å². The molecule has 0 unspecified atom stereocenters. The third kappa shape index (κ3) is 1.53. The zero-order chi connectivity index (χ0) is 13.6. The fourth-order valence-corrected chi connectivity index (χ4v) is 2.95. The highest BCUT2D eigenvalue weighted by atomic mass is 16.4. The highest BCUT2D eigenvalue weighted by Crippen LogP contribution is 2.35. The average Bonchev–Trinajstić information content (AvgIpc) is 3.02. The van der Waals surface area contributed by atoms with Crippen molar-refractivity contribution in [2.24, 2.45) is 5.84 Å². The lowest BCUT2D eigenvalue weighted by Crippen LogP contribution is -2.32. The smallest absolute Gasteiger partial charge is 0.336 e. The molecular weight excluding hydrogens is 246 g/mol. The number of amides is 1. The van der Waals surface area contributed by atoms with Crippen molar-refractivity contribution in [3.63, 3.8) is 0 Å². The number of carboxylic acids is 1. The van der Waals surface area contributed by atoms with Gasteiger partial charge in [-0.3, -0.25) is 10.2 Å². The Bertz CT molecular complexity index is 703. The van der Waals surface area contributed by atoms with E-state index in [4.69, 9.17) is 5.84 Å². The van der Waals surface area contributed by atoms with Crippen LogP contribution in [-0.2, 0) is 12.8 Å². The SMILES string of the molecule is NNC(=O)c1c(C(=O)O)c2c(c3[nH]ccc13)CCC2. The number of carbonyl (C=O) groups excluding carboxylic acids is 1. The van der Waals surface area contributed by atoms with Crippen LogP contribution < -0.4 is 11.3 Å². The lowest BCUT2D eigenvalue weighted by Gasteiger charge is -2.12. The molecule has 3 rings (SSSR count). The van der Waals surface area contributed by atoms with Gasteiger partial charge in [-0.2, -0.15) is 0 Å². The summed E-state index contributed by atoms with van der Waals surface area (Å²) in [5.41, 5.74) is 4.86. The van der Waals surface area contributed by atoms with Crippen molar-refractivity contribution in [3.8, 4) is 0 Å². The molecule has 0 spiro atoms. The number of benzene rings is 1. The van der Waals surface area contributed by atoms with Crippen LogP contribution in [0.2, 0.25) is 0 Å². The molecule has 0 aliphatic heterocycles. The van der Waals surface area contributed by atoms with Crippen molar-refractivity contribution in [3.05, 3.63) is 34.5 Å². The molecule has 5 N–H and O–H groups in total. The molecule has 0 atom stereocenters. The van der Waals surface area contributed by atoms with E-state index in [1.807, 2.05) is 5.43 Å². The molecule has 0 saturated heterocycles. The van der Waals surface area contributed by atoms with Crippen LogP contribution in [0.1, 0.15) is 38.3 Å². The number of nitrogens with two attached hydrogens (primary N) is 1. The van der Waals surface area contributed by atoms with E-state index in [2.05, 4.69) is 4.98 Å². The maximum absolute atomic E-state index is 11.9. The van der Waals surface area contributed by atoms with Crippen LogP contribution in [0.5, 0.6) is 0 Å². The molecule has 1 aliphatic rings. The number of fused-ring (bicyclic) bond motifs is 3. The van der Waals surface area contributed by atoms with Crippen molar-refractivity contribution in [1.29, 1.82) is 0 Å². The molecule has 1 aliphatic carbocycles. The van der Waals surface area contributed by atoms with Gasteiger partial charge >= 0.3 is 5.97 Å². The minimum Gasteiger partial charge on any atom is -0.478 e. The van der Waals surface area contributed by atoms with E-state index in [1.165, 1.54) is 0 Å². The number of H-pyrrole nitrogens is 1. The van der Waals surface area contributed by atoms with Crippen molar-refractivity contribution < 1.29 is 14.7 Å². The van der Waals surface area contributed by atoms with Gasteiger partial charge in [0.15, 0.2) is 0 Å². The van der Waals surface area contributed by atoms with E-state index >= 15 is 0 Å². The molecule has 6 nitrogen and oxygen atoms in total. The Morgan fingerprint density at radius 1 is 1.26 bits per heavy atom. The molecule has 0 fully saturated rings. The van der Waals surface area contributed by atoms with Gasteiger partial charge in [0.05, 0.1) is 11.1 Å². The monoisotopic (exact) mass is 259 g/mol. The van der Waals surface area contributed by atoms with E-state index in [1.54, 1.807) is 12.3 Å². The number of nitrogen functional groups attached to an aromatic ring is 1. The van der Waals surface area contributed by atoms with Gasteiger partial charge in [0.2, 0.25) is 0 Å². The van der Waals surface area contributed by atoms with Crippen LogP contribution in [0, 0.1) is 0 Å². The van der Waals surface area contributed by atoms with Gasteiger partial charge in [0.25, 0.3) is 5.91 Å². The highest BCUT2D eigenvalue weighted by Gasteiger charge is 2.29. The molecule has 1 aromatic heterocycles. The molecule has 2 aromatic rings. The molecular formula is C13H13N3O3. The Kier molecular flexibility index (Phi) is 2.53. The topological polar surface area (TPSA) is 108 Å². The van der Waals surface area contributed by atoms with Crippen LogP contribution in [0.3, 0.4) is 0 Å². The summed E-state index contributed by atoms with van der Waals surface area (Å²) in [6.45, 7) is 0. The maximum Gasteiger partial charge on any atom is 0.336 e. The number of aryl methyl sites for hydroxylation is 1. The summed E-state index contributed by atoms with van der Waals surface area (Å²) >= 11 is 0. The second kappa shape index (κ2) is 4.10. The Hall–Kier alpha value is -2.34. The minimum atomic E-state index is -1.08. The Labute approximate surface area is 108 Å². The van der Waals surface area contributed by atoms with Gasteiger partial charge in [-0.25, -0.2) is 10.6 Å². The van der Waals surface area contributed by atoms with E-state index in [0.29, 0.717) is 11.8 Å². The second-order valence-electron chi connectivity index (χ2n) is 4.61. The number of hydrogen-bond acceptors (Lipinski definition) is 3. The molecule has 1 aromatic carbocycles. The summed E-state index contributed by atoms with van der Waals surface area (Å²) in [5.74, 6) is 3.52. The Morgan fingerprint density at radius 2 is 2.00 bits per heavy atom. The van der Waals surface area contributed by atoms with Crippen molar-refractivity contribution >= 4 is 22.8 Å². The Morgan fingerprint density at radius 3 is 2.68 bits per heavy atom. The standard InChI is InChI=1S/C13H13N3O3/c14-16-12(17)9-8-4-5-15-11(8)7-3-1-2-6(7)10(9)13(18)19/h4-5,15H,1-3,14H2,(H,16,17)(H,18,19). The number of aromatic nitrogens is 1. The van der Waals surface area contributed by atoms with E-state index < -0.39 is 11.9 Å². The number of carbonyl (C=O) groups is 2. The number of aromatic amines is 1. The minimum absolute atomic E-state index is 0.0857. The van der Waals surface area contributed by atoms with Crippen LogP contribution in [0.15, 0.2) is 12.3 Å². The summed E-state index contributed by atoms with van der Waals surface area (Å²) in [6, 6.07) is 1.71. The third-order valence-electron chi connectivity index (χ3n) is 3.66. The summed E-state index contributed by atoms with van der Waals surface area (Å²) in [4.78, 5) is 26.6. The molecule has 6 heteroatoms. The van der Waals surface area contributed by atoms with Gasteiger partial charge in [0, 0.05) is 17.1 Å². The number of rotatable bonds is 2. The number of aromatic carboxylic acids is 1. The molecule has 19 heavy (non-hydrogen) atoms. The lowest BCUT2D eigenvalue weighted by atomic mass is 9.93. The zero-order valence-corrected chi connectivity index (χ0v) is 10.1. The number of carboxylic acid groups (broad SMARTS) is 1. The fraction of sp³-hybridized carbons (Fsp3) is 0.231. The normalized spacial score (nSPS) is 13.5. The second-order valence-corrected chi connectivity index (χ2v) is 4.61. The molecule has 1 heterocycles. The quantitative estimate of drug-likeness (QED) is 0.366. The first-order valence-corrected chi connectivity index (χ1v) is 6.04. The van der Waals surface area contributed by atoms with Crippen LogP contribution >= 0.6 is 0 Å². The van der Waals surface area contributed by atoms with Crippen molar-refractivity contribution in [2.45, 2.75) is 19.3 Å². The van der Waals surface area contributed by atoms with Gasteiger partial charge in [-0.1, -0.05) is 0 Å². The van der Waals surface area contributed by atoms with Gasteiger partial charge in [0.1, 0.15) is 0 Å². The fourth-order valence-electron chi connectivity index (χ4n) is 2.95. The van der Waals surface area contributed by atoms with E-state index in [-0.39, 0.29) is 11.1 Å². The average molecular weight is 259 g/mol. The highest BCUT2D eigenvalue weighted by molar-refractivity contribution is 6.15. The van der Waals surface area contributed by atoms with E-state index in [0.717, 1.165) is 29.5 Å². The summed E-state index contributed by atoms with van der Waals surface area (Å²) in [5, 5.41) is 10.1. The summed E-state index contributed by atoms with van der Waals surface area (Å²) in [7, 11) is 0. The number of hydrogen-bond donors (Lipinski definition) is 4. The van der Waals surface area contributed by atoms with Gasteiger partial charge < -0.3 is 10.1 Å². The first-order valence-electron chi connectivity index (χ1n) is 6.04. The largest absolute Gasteiger partial charge is 0.478 e. The van der Waals surface area contributed by atoms with Crippen molar-refractivity contribution in [1.82, 2.24) is 10.4 Å².